The molecule has 1 aliphatic rings. The number of hydrogen-bond acceptors (Lipinski definition) is 2. The molecular formula is C17H34N2O. The average Bonchev–Trinajstić information content (AvgIpc) is 3.20. The van der Waals surface area contributed by atoms with Crippen LogP contribution in [0.15, 0.2) is 0 Å². The van der Waals surface area contributed by atoms with E-state index in [0.29, 0.717) is 0 Å². The summed E-state index contributed by atoms with van der Waals surface area (Å²) in [6.07, 6.45) is 7.69. The van der Waals surface area contributed by atoms with Crippen molar-refractivity contribution in [3.8, 4) is 0 Å². The van der Waals surface area contributed by atoms with E-state index in [2.05, 4.69) is 24.5 Å². The average molecular weight is 282 g/mol. The topological polar surface area (TPSA) is 41.1 Å². The molecule has 1 amide bonds. The van der Waals surface area contributed by atoms with E-state index < -0.39 is 0 Å². The first-order valence-electron chi connectivity index (χ1n) is 8.53. The van der Waals surface area contributed by atoms with Crippen molar-refractivity contribution in [3.05, 3.63) is 0 Å². The molecule has 3 heteroatoms. The van der Waals surface area contributed by atoms with Crippen LogP contribution >= 0.6 is 0 Å². The number of nitrogens with one attached hydrogen (secondary N) is 2. The molecule has 20 heavy (non-hydrogen) atoms. The van der Waals surface area contributed by atoms with Gasteiger partial charge in [0.25, 0.3) is 0 Å². The Morgan fingerprint density at radius 3 is 2.10 bits per heavy atom. The highest BCUT2D eigenvalue weighted by Crippen LogP contribution is 2.35. The van der Waals surface area contributed by atoms with E-state index in [4.69, 9.17) is 0 Å². The molecule has 0 aromatic rings. The van der Waals surface area contributed by atoms with Crippen LogP contribution in [0, 0.1) is 17.8 Å². The molecule has 2 N–H and O–H groups in total. The van der Waals surface area contributed by atoms with Gasteiger partial charge in [-0.25, -0.2) is 0 Å². The zero-order chi connectivity index (χ0) is 15.0. The fourth-order valence-electron chi connectivity index (χ4n) is 2.69. The summed E-state index contributed by atoms with van der Waals surface area (Å²) in [7, 11) is 0. The molecule has 1 fully saturated rings. The second-order valence-electron chi connectivity index (χ2n) is 6.92. The van der Waals surface area contributed by atoms with Crippen LogP contribution < -0.4 is 10.6 Å². The van der Waals surface area contributed by atoms with Gasteiger partial charge in [-0.2, -0.15) is 0 Å². The number of carbonyl (C=O) groups is 1. The molecule has 0 spiro atoms. The largest absolute Gasteiger partial charge is 0.356 e. The van der Waals surface area contributed by atoms with Gasteiger partial charge in [-0.1, -0.05) is 40.5 Å². The molecule has 1 aliphatic carbocycles. The Labute approximate surface area is 125 Å². The number of hydrogen-bond donors (Lipinski definition) is 2. The highest BCUT2D eigenvalue weighted by molar-refractivity contribution is 5.77. The summed E-state index contributed by atoms with van der Waals surface area (Å²) < 4.78 is 0. The second kappa shape index (κ2) is 9.38. The Balaban J connectivity index is 1.90. The van der Waals surface area contributed by atoms with Crippen LogP contribution in [0.1, 0.15) is 66.2 Å². The van der Waals surface area contributed by atoms with Crippen LogP contribution in [0.4, 0.5) is 0 Å². The smallest absolute Gasteiger partial charge is 0.222 e. The van der Waals surface area contributed by atoms with E-state index in [-0.39, 0.29) is 11.8 Å². The molecule has 1 atom stereocenters. The zero-order valence-electron chi connectivity index (χ0n) is 13.9. The number of rotatable bonds is 11. The predicted octanol–water partition coefficient (Wildman–Crippen LogP) is 3.34. The lowest BCUT2D eigenvalue weighted by molar-refractivity contribution is -0.123. The van der Waals surface area contributed by atoms with Crippen molar-refractivity contribution in [2.75, 3.05) is 13.1 Å². The van der Waals surface area contributed by atoms with Gasteiger partial charge in [-0.3, -0.25) is 4.79 Å². The van der Waals surface area contributed by atoms with Crippen LogP contribution in [-0.4, -0.2) is 25.0 Å². The highest BCUT2D eigenvalue weighted by atomic mass is 16.1. The van der Waals surface area contributed by atoms with Crippen molar-refractivity contribution < 1.29 is 4.79 Å². The van der Waals surface area contributed by atoms with Crippen molar-refractivity contribution in [2.45, 2.75) is 72.3 Å². The van der Waals surface area contributed by atoms with E-state index in [1.165, 1.54) is 32.1 Å². The summed E-state index contributed by atoms with van der Waals surface area (Å²) >= 11 is 0. The first-order chi connectivity index (χ1) is 9.52. The first-order valence-corrected chi connectivity index (χ1v) is 8.53. The van der Waals surface area contributed by atoms with Gasteiger partial charge in [0.1, 0.15) is 0 Å². The molecule has 3 nitrogen and oxygen atoms in total. The zero-order valence-corrected chi connectivity index (χ0v) is 13.9. The van der Waals surface area contributed by atoms with Crippen LogP contribution in [0.2, 0.25) is 0 Å². The minimum Gasteiger partial charge on any atom is -0.356 e. The van der Waals surface area contributed by atoms with Gasteiger partial charge in [-0.15, -0.1) is 0 Å². The van der Waals surface area contributed by atoms with E-state index in [1.807, 2.05) is 13.8 Å². The molecule has 1 saturated carbocycles. The molecule has 0 aliphatic heterocycles. The Kier molecular flexibility index (Phi) is 8.20. The van der Waals surface area contributed by atoms with Crippen LogP contribution in [0.25, 0.3) is 0 Å². The monoisotopic (exact) mass is 282 g/mol. The molecular weight excluding hydrogens is 248 g/mol. The molecule has 0 aromatic carbocycles. The van der Waals surface area contributed by atoms with Gasteiger partial charge in [0.05, 0.1) is 0 Å². The third kappa shape index (κ3) is 7.28. The molecule has 118 valence electrons. The number of amides is 1. The van der Waals surface area contributed by atoms with Gasteiger partial charge < -0.3 is 10.6 Å². The molecule has 1 rings (SSSR count). The fraction of sp³-hybridized carbons (Fsp3) is 0.941. The van der Waals surface area contributed by atoms with Gasteiger partial charge >= 0.3 is 0 Å². The summed E-state index contributed by atoms with van der Waals surface area (Å²) in [5.41, 5.74) is 0. The lowest BCUT2D eigenvalue weighted by Crippen LogP contribution is -2.36. The van der Waals surface area contributed by atoms with E-state index in [1.54, 1.807) is 0 Å². The number of carbonyl (C=O) groups excluding carboxylic acids is 1. The second-order valence-corrected chi connectivity index (χ2v) is 6.92. The summed E-state index contributed by atoms with van der Waals surface area (Å²) in [6.45, 7) is 10.5. The fourth-order valence-corrected chi connectivity index (χ4v) is 2.69. The maximum atomic E-state index is 11.4. The van der Waals surface area contributed by atoms with Crippen molar-refractivity contribution in [1.29, 1.82) is 0 Å². The highest BCUT2D eigenvalue weighted by Gasteiger charge is 2.32. The summed E-state index contributed by atoms with van der Waals surface area (Å²) in [4.78, 5) is 11.4. The molecule has 0 bridgehead atoms. The van der Waals surface area contributed by atoms with E-state index in [0.717, 1.165) is 37.4 Å². The van der Waals surface area contributed by atoms with Crippen LogP contribution in [-0.2, 0) is 4.79 Å². The molecule has 0 aromatic heterocycles. The van der Waals surface area contributed by atoms with Crippen molar-refractivity contribution >= 4 is 5.91 Å². The predicted molar refractivity (Wildman–Crippen MR) is 85.7 cm³/mol. The van der Waals surface area contributed by atoms with E-state index >= 15 is 0 Å². The lowest BCUT2D eigenvalue weighted by Gasteiger charge is -2.22. The van der Waals surface area contributed by atoms with Crippen molar-refractivity contribution in [3.63, 3.8) is 0 Å². The van der Waals surface area contributed by atoms with Gasteiger partial charge in [0, 0.05) is 18.5 Å². The normalized spacial score (nSPS) is 16.7. The Bertz CT molecular complexity index is 270. The van der Waals surface area contributed by atoms with Gasteiger partial charge in [0.15, 0.2) is 0 Å². The standard InChI is InChI=1S/C17H34N2O/c1-13(2)16(15-9-10-15)18-11-7-5-6-8-12-19-17(20)14(3)4/h13-16,18H,5-12H2,1-4H3,(H,19,20). The van der Waals surface area contributed by atoms with Crippen LogP contribution in [0.3, 0.4) is 0 Å². The maximum absolute atomic E-state index is 11.4. The van der Waals surface area contributed by atoms with Crippen LogP contribution in [0.5, 0.6) is 0 Å². The molecule has 1 unspecified atom stereocenters. The minimum absolute atomic E-state index is 0.106. The summed E-state index contributed by atoms with van der Waals surface area (Å²) in [6, 6.07) is 0.736. The third-order valence-electron chi connectivity index (χ3n) is 4.16. The lowest BCUT2D eigenvalue weighted by atomic mass is 9.99. The van der Waals surface area contributed by atoms with Crippen molar-refractivity contribution in [1.82, 2.24) is 10.6 Å². The minimum atomic E-state index is 0.106. The first kappa shape index (κ1) is 17.5. The molecule has 0 radical (unpaired) electrons. The van der Waals surface area contributed by atoms with Crippen molar-refractivity contribution in [2.24, 2.45) is 17.8 Å². The van der Waals surface area contributed by atoms with E-state index in [9.17, 15) is 4.79 Å². The Morgan fingerprint density at radius 1 is 1.00 bits per heavy atom. The Morgan fingerprint density at radius 2 is 1.60 bits per heavy atom. The summed E-state index contributed by atoms with van der Waals surface area (Å²) in [5, 5.41) is 6.71. The van der Waals surface area contributed by atoms with Gasteiger partial charge in [0.2, 0.25) is 5.91 Å². The third-order valence-corrected chi connectivity index (χ3v) is 4.16. The number of unbranched alkanes of at least 4 members (excludes halogenated alkanes) is 3. The summed E-state index contributed by atoms with van der Waals surface area (Å²) in [5.74, 6) is 1.99. The van der Waals surface area contributed by atoms with Gasteiger partial charge in [-0.05, 0) is 44.1 Å². The molecule has 0 saturated heterocycles. The SMILES string of the molecule is CC(C)C(=O)NCCCCCCNC(C(C)C)C1CC1. The molecule has 0 heterocycles. The quantitative estimate of drug-likeness (QED) is 0.571. The Hall–Kier alpha value is -0.570. The maximum Gasteiger partial charge on any atom is 0.222 e.